The molecule has 0 aliphatic heterocycles. The molecule has 2 aromatic rings. The number of amides is 1. The van der Waals surface area contributed by atoms with Crippen molar-refractivity contribution in [2.45, 2.75) is 32.4 Å². The molecule has 1 heterocycles. The third kappa shape index (κ3) is 2.74. The molecule has 0 atom stereocenters. The maximum atomic E-state index is 12.6. The Morgan fingerprint density at radius 2 is 2.05 bits per heavy atom. The summed E-state index contributed by atoms with van der Waals surface area (Å²) in [5.41, 5.74) is 3.03. The summed E-state index contributed by atoms with van der Waals surface area (Å²) in [5, 5.41) is 4.17. The number of aryl methyl sites for hydroxylation is 2. The molecular weight excluding hydrogens is 250 g/mol. The van der Waals surface area contributed by atoms with Gasteiger partial charge in [0.05, 0.1) is 6.20 Å². The summed E-state index contributed by atoms with van der Waals surface area (Å²) < 4.78 is 1.77. The zero-order valence-corrected chi connectivity index (χ0v) is 11.9. The van der Waals surface area contributed by atoms with Crippen LogP contribution in [0, 0.1) is 6.92 Å². The fourth-order valence-corrected chi connectivity index (χ4v) is 2.37. The van der Waals surface area contributed by atoms with E-state index in [2.05, 4.69) is 5.10 Å². The van der Waals surface area contributed by atoms with Crippen LogP contribution in [0.25, 0.3) is 0 Å². The van der Waals surface area contributed by atoms with Crippen LogP contribution >= 0.6 is 0 Å². The average molecular weight is 269 g/mol. The molecule has 1 aliphatic carbocycles. The standard InChI is InChI=1S/C16H19N3O/c1-12-3-5-14(6-4-12)16(20)19(15-7-8-15)11-13-9-17-18(2)10-13/h3-6,9-10,15H,7-8,11H2,1-2H3. The number of carbonyl (C=O) groups is 1. The minimum Gasteiger partial charge on any atom is -0.331 e. The van der Waals surface area contributed by atoms with Gasteiger partial charge in [-0.1, -0.05) is 17.7 Å². The van der Waals surface area contributed by atoms with Gasteiger partial charge in [0, 0.05) is 37.0 Å². The van der Waals surface area contributed by atoms with E-state index in [0.717, 1.165) is 24.0 Å². The fraction of sp³-hybridized carbons (Fsp3) is 0.375. The van der Waals surface area contributed by atoms with E-state index in [9.17, 15) is 4.79 Å². The van der Waals surface area contributed by atoms with E-state index >= 15 is 0 Å². The summed E-state index contributed by atoms with van der Waals surface area (Å²) in [7, 11) is 1.90. The van der Waals surface area contributed by atoms with Crippen LogP contribution in [0.2, 0.25) is 0 Å². The Kier molecular flexibility index (Phi) is 3.30. The highest BCUT2D eigenvalue weighted by molar-refractivity contribution is 5.94. The van der Waals surface area contributed by atoms with Crippen molar-refractivity contribution in [1.29, 1.82) is 0 Å². The quantitative estimate of drug-likeness (QED) is 0.855. The lowest BCUT2D eigenvalue weighted by atomic mass is 10.1. The van der Waals surface area contributed by atoms with Gasteiger partial charge in [0.1, 0.15) is 0 Å². The van der Waals surface area contributed by atoms with Crippen LogP contribution < -0.4 is 0 Å². The molecule has 0 N–H and O–H groups in total. The summed E-state index contributed by atoms with van der Waals surface area (Å²) in [6.45, 7) is 2.67. The van der Waals surface area contributed by atoms with Crippen LogP contribution in [0.4, 0.5) is 0 Å². The predicted molar refractivity (Wildman–Crippen MR) is 77.3 cm³/mol. The number of carbonyl (C=O) groups excluding carboxylic acids is 1. The molecule has 1 fully saturated rings. The highest BCUT2D eigenvalue weighted by Crippen LogP contribution is 2.29. The number of rotatable bonds is 4. The maximum absolute atomic E-state index is 12.6. The van der Waals surface area contributed by atoms with Crippen LogP contribution in [0.3, 0.4) is 0 Å². The Morgan fingerprint density at radius 3 is 2.60 bits per heavy atom. The van der Waals surface area contributed by atoms with E-state index in [1.165, 1.54) is 5.56 Å². The number of hydrogen-bond donors (Lipinski definition) is 0. The van der Waals surface area contributed by atoms with Crippen molar-refractivity contribution in [2.75, 3.05) is 0 Å². The molecule has 1 aromatic carbocycles. The number of benzene rings is 1. The first kappa shape index (κ1) is 12.9. The molecular formula is C16H19N3O. The Morgan fingerprint density at radius 1 is 1.35 bits per heavy atom. The van der Waals surface area contributed by atoms with Crippen molar-refractivity contribution in [3.63, 3.8) is 0 Å². The Bertz CT molecular complexity index is 611. The molecule has 3 rings (SSSR count). The van der Waals surface area contributed by atoms with Gasteiger partial charge in [-0.3, -0.25) is 9.48 Å². The van der Waals surface area contributed by atoms with Crippen molar-refractivity contribution in [3.8, 4) is 0 Å². The van der Waals surface area contributed by atoms with Gasteiger partial charge in [-0.05, 0) is 31.9 Å². The van der Waals surface area contributed by atoms with Crippen LogP contribution in [0.1, 0.15) is 34.3 Å². The fourth-order valence-electron chi connectivity index (χ4n) is 2.37. The van der Waals surface area contributed by atoms with Crippen molar-refractivity contribution in [2.24, 2.45) is 7.05 Å². The second kappa shape index (κ2) is 5.12. The van der Waals surface area contributed by atoms with Crippen molar-refractivity contribution < 1.29 is 4.79 Å². The van der Waals surface area contributed by atoms with Crippen molar-refractivity contribution >= 4 is 5.91 Å². The van der Waals surface area contributed by atoms with Gasteiger partial charge < -0.3 is 4.90 Å². The lowest BCUT2D eigenvalue weighted by Crippen LogP contribution is -2.32. The van der Waals surface area contributed by atoms with Gasteiger partial charge in [0.25, 0.3) is 5.91 Å². The van der Waals surface area contributed by atoms with Gasteiger partial charge in [-0.25, -0.2) is 0 Å². The van der Waals surface area contributed by atoms with E-state index in [4.69, 9.17) is 0 Å². The summed E-state index contributed by atoms with van der Waals surface area (Å²) in [6, 6.07) is 8.20. The summed E-state index contributed by atoms with van der Waals surface area (Å²) in [5.74, 6) is 0.122. The van der Waals surface area contributed by atoms with Crippen LogP contribution in [0.5, 0.6) is 0 Å². The minimum absolute atomic E-state index is 0.122. The molecule has 4 heteroatoms. The third-order valence-electron chi connectivity index (χ3n) is 3.66. The third-order valence-corrected chi connectivity index (χ3v) is 3.66. The van der Waals surface area contributed by atoms with Crippen LogP contribution in [-0.2, 0) is 13.6 Å². The molecule has 1 amide bonds. The topological polar surface area (TPSA) is 38.1 Å². The number of nitrogens with zero attached hydrogens (tertiary/aromatic N) is 3. The number of aromatic nitrogens is 2. The lowest BCUT2D eigenvalue weighted by molar-refractivity contribution is 0.0730. The summed E-state index contributed by atoms with van der Waals surface area (Å²) in [4.78, 5) is 14.6. The molecule has 104 valence electrons. The summed E-state index contributed by atoms with van der Waals surface area (Å²) >= 11 is 0. The average Bonchev–Trinajstić information content (AvgIpc) is 3.19. The first-order valence-electron chi connectivity index (χ1n) is 6.98. The number of hydrogen-bond acceptors (Lipinski definition) is 2. The second-order valence-electron chi connectivity index (χ2n) is 5.55. The predicted octanol–water partition coefficient (Wildman–Crippen LogP) is 2.53. The van der Waals surface area contributed by atoms with Gasteiger partial charge in [-0.2, -0.15) is 5.10 Å². The Balaban J connectivity index is 1.79. The second-order valence-corrected chi connectivity index (χ2v) is 5.55. The normalized spacial score (nSPS) is 14.3. The monoisotopic (exact) mass is 269 g/mol. The van der Waals surface area contributed by atoms with Gasteiger partial charge in [0.15, 0.2) is 0 Å². The molecule has 1 aromatic heterocycles. The van der Waals surface area contributed by atoms with E-state index in [-0.39, 0.29) is 5.91 Å². The highest BCUT2D eigenvalue weighted by Gasteiger charge is 2.33. The molecule has 0 bridgehead atoms. The zero-order valence-electron chi connectivity index (χ0n) is 11.9. The van der Waals surface area contributed by atoms with E-state index in [1.54, 1.807) is 4.68 Å². The lowest BCUT2D eigenvalue weighted by Gasteiger charge is -2.22. The van der Waals surface area contributed by atoms with E-state index < -0.39 is 0 Å². The van der Waals surface area contributed by atoms with Crippen LogP contribution in [0.15, 0.2) is 36.7 Å². The van der Waals surface area contributed by atoms with Gasteiger partial charge in [-0.15, -0.1) is 0 Å². The Hall–Kier alpha value is -2.10. The Labute approximate surface area is 119 Å². The first-order valence-corrected chi connectivity index (χ1v) is 6.98. The maximum Gasteiger partial charge on any atom is 0.254 e. The van der Waals surface area contributed by atoms with Gasteiger partial charge in [0.2, 0.25) is 0 Å². The zero-order chi connectivity index (χ0) is 14.1. The largest absolute Gasteiger partial charge is 0.331 e. The molecule has 1 aliphatic rings. The molecule has 0 saturated heterocycles. The van der Waals surface area contributed by atoms with Crippen molar-refractivity contribution in [3.05, 3.63) is 53.3 Å². The molecule has 1 saturated carbocycles. The van der Waals surface area contributed by atoms with Crippen molar-refractivity contribution in [1.82, 2.24) is 14.7 Å². The molecule has 0 radical (unpaired) electrons. The molecule has 0 unspecified atom stereocenters. The molecule has 20 heavy (non-hydrogen) atoms. The molecule has 0 spiro atoms. The minimum atomic E-state index is 0.122. The van der Waals surface area contributed by atoms with E-state index in [0.29, 0.717) is 12.6 Å². The van der Waals surface area contributed by atoms with E-state index in [1.807, 2.05) is 55.5 Å². The smallest absolute Gasteiger partial charge is 0.254 e. The first-order chi connectivity index (χ1) is 9.63. The molecule has 4 nitrogen and oxygen atoms in total. The highest BCUT2D eigenvalue weighted by atomic mass is 16.2. The summed E-state index contributed by atoms with van der Waals surface area (Å²) in [6.07, 6.45) is 6.02. The van der Waals surface area contributed by atoms with Gasteiger partial charge >= 0.3 is 0 Å². The van der Waals surface area contributed by atoms with Crippen LogP contribution in [-0.4, -0.2) is 26.6 Å². The SMILES string of the molecule is Cc1ccc(C(=O)N(Cc2cnn(C)c2)C2CC2)cc1.